The van der Waals surface area contributed by atoms with E-state index in [1.807, 2.05) is 0 Å². The molecule has 2 unspecified atom stereocenters. The fraction of sp³-hybridized carbons (Fsp3) is 0.0909. The van der Waals surface area contributed by atoms with Crippen LogP contribution >= 0.6 is 30.5 Å². The Kier molecular flexibility index (Phi) is 11.9. The summed E-state index contributed by atoms with van der Waals surface area (Å²) in [6.45, 7) is 4.88. The molecule has 0 amide bonds. The Bertz CT molecular complexity index is 1810. The monoisotopic (exact) mass is 866 g/mol. The number of rotatable bonds is 8. The lowest BCUT2D eigenvalue weighted by Crippen LogP contribution is -3.00. The van der Waals surface area contributed by atoms with Crippen LogP contribution in [0.5, 0.6) is 0 Å². The quantitative estimate of drug-likeness (QED) is 0.163. The number of alkyl halides is 1. The third-order valence-corrected chi connectivity index (χ3v) is 20.8. The van der Waals surface area contributed by atoms with Crippen molar-refractivity contribution in [3.8, 4) is 0 Å². The summed E-state index contributed by atoms with van der Waals surface area (Å²) in [5, 5.41) is 9.24. The first kappa shape index (κ1) is 37.4. The lowest BCUT2D eigenvalue weighted by atomic mass is 9.90. The van der Waals surface area contributed by atoms with Crippen molar-refractivity contribution in [1.82, 2.24) is 0 Å². The largest absolute Gasteiger partial charge is 1.00 e. The molecular weight excluding hydrogens is 830 g/mol. The fourth-order valence-corrected chi connectivity index (χ4v) is 18.7. The van der Waals surface area contributed by atoms with Gasteiger partial charge in [-0.15, -0.1) is 0 Å². The molecule has 0 heterocycles. The van der Waals surface area contributed by atoms with E-state index in [0.717, 1.165) is 0 Å². The molecule has 0 aromatic heterocycles. The molecule has 1 aliphatic carbocycles. The molecule has 49 heavy (non-hydrogen) atoms. The average Bonchev–Trinajstić information content (AvgIpc) is 3.13. The summed E-state index contributed by atoms with van der Waals surface area (Å²) in [4.78, 5) is 0. The van der Waals surface area contributed by atoms with E-state index in [9.17, 15) is 0 Å². The Morgan fingerprint density at radius 3 is 0.939 bits per heavy atom. The summed E-state index contributed by atoms with van der Waals surface area (Å²) in [7, 11) is -4.60. The zero-order valence-corrected chi connectivity index (χ0v) is 34.1. The molecule has 246 valence electrons. The Morgan fingerprint density at radius 2 is 0.673 bits per heavy atom. The zero-order chi connectivity index (χ0) is 32.4. The molecular formula is C44H39Br3P2. The Labute approximate surface area is 322 Å². The van der Waals surface area contributed by atoms with Crippen LogP contribution < -0.4 is 65.8 Å². The summed E-state index contributed by atoms with van der Waals surface area (Å²) >= 11 is 4.51. The van der Waals surface area contributed by atoms with Gasteiger partial charge in [-0.1, -0.05) is 125 Å². The van der Waals surface area contributed by atoms with Crippen molar-refractivity contribution in [1.29, 1.82) is 0 Å². The SMILES string of the molecule is CC1(Br)C=C([P+](c2ccccc2)(c2ccccc2)c2ccccc2)C=CC1(C)[P+](c1ccccc1)(c1ccccc1)c1ccccc1.[Br-].[Br-]. The van der Waals surface area contributed by atoms with Gasteiger partial charge in [-0.3, -0.25) is 0 Å². The molecule has 0 fully saturated rings. The molecule has 5 heteroatoms. The molecule has 7 rings (SSSR count). The van der Waals surface area contributed by atoms with Crippen molar-refractivity contribution < 1.29 is 34.0 Å². The molecule has 6 aromatic rings. The van der Waals surface area contributed by atoms with Crippen molar-refractivity contribution in [3.05, 3.63) is 206 Å². The van der Waals surface area contributed by atoms with Gasteiger partial charge < -0.3 is 34.0 Å². The van der Waals surface area contributed by atoms with Gasteiger partial charge in [0.05, 0.1) is 4.32 Å². The number of benzene rings is 6. The van der Waals surface area contributed by atoms with Crippen molar-refractivity contribution in [3.63, 3.8) is 0 Å². The summed E-state index contributed by atoms with van der Waals surface area (Å²) in [5.41, 5.74) is 0. The summed E-state index contributed by atoms with van der Waals surface area (Å²) in [6.07, 6.45) is 7.64. The third kappa shape index (κ3) is 6.22. The van der Waals surface area contributed by atoms with Crippen molar-refractivity contribution >= 4 is 62.3 Å². The van der Waals surface area contributed by atoms with Gasteiger partial charge in [0.2, 0.25) is 0 Å². The van der Waals surface area contributed by atoms with Crippen LogP contribution in [0.2, 0.25) is 0 Å². The molecule has 0 bridgehead atoms. The van der Waals surface area contributed by atoms with Gasteiger partial charge in [0.15, 0.2) is 0 Å². The zero-order valence-electron chi connectivity index (χ0n) is 27.6. The van der Waals surface area contributed by atoms with E-state index < -0.39 is 18.8 Å². The van der Waals surface area contributed by atoms with Crippen molar-refractivity contribution in [2.24, 2.45) is 0 Å². The van der Waals surface area contributed by atoms with Crippen molar-refractivity contribution in [2.75, 3.05) is 0 Å². The molecule has 0 radical (unpaired) electrons. The van der Waals surface area contributed by atoms with Gasteiger partial charge in [-0.2, -0.15) is 0 Å². The summed E-state index contributed by atoms with van der Waals surface area (Å²) in [6, 6.07) is 67.3. The van der Waals surface area contributed by atoms with Crippen molar-refractivity contribution in [2.45, 2.75) is 23.3 Å². The highest BCUT2D eigenvalue weighted by Crippen LogP contribution is 2.74. The lowest BCUT2D eigenvalue weighted by molar-refractivity contribution is -0.00100. The number of allylic oxidation sites excluding steroid dienone is 4. The van der Waals surface area contributed by atoms with Crippen LogP contribution in [0.25, 0.3) is 0 Å². The van der Waals surface area contributed by atoms with Gasteiger partial charge in [0, 0.05) is 0 Å². The number of halogens is 3. The molecule has 0 aliphatic heterocycles. The lowest BCUT2D eigenvalue weighted by Gasteiger charge is -2.49. The van der Waals surface area contributed by atoms with Gasteiger partial charge >= 0.3 is 0 Å². The average molecular weight is 869 g/mol. The molecule has 0 saturated heterocycles. The number of hydrogen-bond acceptors (Lipinski definition) is 0. The molecule has 2 atom stereocenters. The van der Waals surface area contributed by atoms with E-state index in [4.69, 9.17) is 0 Å². The predicted molar refractivity (Wildman–Crippen MR) is 213 cm³/mol. The maximum absolute atomic E-state index is 4.51. The molecule has 0 N–H and O–H groups in total. The van der Waals surface area contributed by atoms with Gasteiger partial charge in [-0.25, -0.2) is 0 Å². The van der Waals surface area contributed by atoms with Gasteiger partial charge in [0.1, 0.15) is 56.8 Å². The van der Waals surface area contributed by atoms with E-state index >= 15 is 0 Å². The van der Waals surface area contributed by atoms with Crippen LogP contribution in [-0.4, -0.2) is 9.48 Å². The smallest absolute Gasteiger partial charge is 0.144 e. The van der Waals surface area contributed by atoms with Gasteiger partial charge in [0.25, 0.3) is 0 Å². The maximum Gasteiger partial charge on any atom is 0.144 e. The molecule has 0 saturated carbocycles. The maximum atomic E-state index is 4.51. The van der Waals surface area contributed by atoms with Gasteiger partial charge in [-0.05, 0) is 105 Å². The summed E-state index contributed by atoms with van der Waals surface area (Å²) in [5.74, 6) is 0. The highest BCUT2D eigenvalue weighted by atomic mass is 79.9. The Hall–Kier alpha value is -2.90. The normalized spacial score (nSPS) is 18.8. The molecule has 6 aromatic carbocycles. The minimum absolute atomic E-state index is 0. The summed E-state index contributed by atoms with van der Waals surface area (Å²) < 4.78 is -0.414. The first-order chi connectivity index (χ1) is 22.9. The van der Waals surface area contributed by atoms with Crippen LogP contribution in [-0.2, 0) is 0 Å². The minimum Gasteiger partial charge on any atom is -1.00 e. The fourth-order valence-electron chi connectivity index (χ4n) is 7.59. The Balaban J connectivity index is 0.00000234. The van der Waals surface area contributed by atoms with Crippen LogP contribution in [0, 0.1) is 0 Å². The molecule has 0 spiro atoms. The third-order valence-electron chi connectivity index (χ3n) is 9.93. The van der Waals surface area contributed by atoms with Crippen LogP contribution in [0.15, 0.2) is 206 Å². The highest BCUT2D eigenvalue weighted by Gasteiger charge is 2.67. The van der Waals surface area contributed by atoms with E-state index in [-0.39, 0.29) is 39.1 Å². The minimum atomic E-state index is -2.32. The first-order valence-corrected chi connectivity index (χ1v) is 20.6. The van der Waals surface area contributed by atoms with Crippen LogP contribution in [0.4, 0.5) is 0 Å². The van der Waals surface area contributed by atoms with E-state index in [1.165, 1.54) is 37.1 Å². The molecule has 1 aliphatic rings. The standard InChI is InChI=1S/C44H39BrP2.2BrH/c1-43(45)35-42(46(36-21-9-3-10-22-36,37-23-11-4-12-24-37)38-25-13-5-14-26-38)33-34-44(43,2)47(39-27-15-6-16-28-39,40-29-17-7-18-30-40)41-31-19-8-20-32-41;;/h3-35H,1-2H3;2*1H/q+2;;/p-2. The molecule has 0 nitrogen and oxygen atoms in total. The van der Waals surface area contributed by atoms with Crippen LogP contribution in [0.3, 0.4) is 0 Å². The second-order valence-electron chi connectivity index (χ2n) is 12.5. The van der Waals surface area contributed by atoms with E-state index in [2.05, 4.69) is 230 Å². The van der Waals surface area contributed by atoms with Crippen LogP contribution in [0.1, 0.15) is 13.8 Å². The first-order valence-electron chi connectivity index (χ1n) is 16.2. The topological polar surface area (TPSA) is 0 Å². The van der Waals surface area contributed by atoms with E-state index in [0.29, 0.717) is 0 Å². The number of hydrogen-bond donors (Lipinski definition) is 0. The second-order valence-corrected chi connectivity index (χ2v) is 21.4. The second kappa shape index (κ2) is 15.6. The van der Waals surface area contributed by atoms with E-state index in [1.54, 1.807) is 0 Å². The Morgan fingerprint density at radius 1 is 0.408 bits per heavy atom. The predicted octanol–water partition coefficient (Wildman–Crippen LogP) is 3.35. The highest BCUT2D eigenvalue weighted by molar-refractivity contribution is 9.10.